The van der Waals surface area contributed by atoms with Gasteiger partial charge in [0.1, 0.15) is 0 Å². The van der Waals surface area contributed by atoms with Crippen molar-refractivity contribution in [3.63, 3.8) is 0 Å². The van der Waals surface area contributed by atoms with E-state index in [1.165, 1.54) is 18.4 Å². The van der Waals surface area contributed by atoms with Gasteiger partial charge in [0.2, 0.25) is 6.79 Å². The molecule has 26 heavy (non-hydrogen) atoms. The fourth-order valence-corrected chi connectivity index (χ4v) is 3.71. The van der Waals surface area contributed by atoms with Gasteiger partial charge in [0.05, 0.1) is 5.02 Å². The highest BCUT2D eigenvalue weighted by Gasteiger charge is 2.21. The second-order valence-corrected chi connectivity index (χ2v) is 7.03. The fourth-order valence-electron chi connectivity index (χ4n) is 3.44. The highest BCUT2D eigenvalue weighted by atomic mass is 35.5. The van der Waals surface area contributed by atoms with Crippen LogP contribution in [0, 0.1) is 0 Å². The minimum Gasteiger partial charge on any atom is -0.454 e. The first-order chi connectivity index (χ1) is 12.7. The number of nitrogens with zero attached hydrogens (tertiary/aromatic N) is 1. The molecule has 1 saturated heterocycles. The molecule has 0 spiro atoms. The van der Waals surface area contributed by atoms with Crippen LogP contribution in [0.5, 0.6) is 11.5 Å². The van der Waals surface area contributed by atoms with Crippen LogP contribution in [0.2, 0.25) is 5.02 Å². The zero-order chi connectivity index (χ0) is 17.9. The van der Waals surface area contributed by atoms with Crippen LogP contribution >= 0.6 is 11.6 Å². The Morgan fingerprint density at radius 2 is 1.88 bits per heavy atom. The monoisotopic (exact) mass is 372 g/mol. The summed E-state index contributed by atoms with van der Waals surface area (Å²) < 4.78 is 10.6. The molecule has 1 amide bonds. The van der Waals surface area contributed by atoms with Gasteiger partial charge in [-0.05, 0) is 49.2 Å². The van der Waals surface area contributed by atoms with Crippen molar-refractivity contribution in [1.29, 1.82) is 0 Å². The summed E-state index contributed by atoms with van der Waals surface area (Å²) in [5.41, 5.74) is 2.87. The van der Waals surface area contributed by atoms with Crippen molar-refractivity contribution >= 4 is 17.5 Å². The maximum absolute atomic E-state index is 12.5. The van der Waals surface area contributed by atoms with Gasteiger partial charge in [0, 0.05) is 18.7 Å². The van der Waals surface area contributed by atoms with Crippen LogP contribution in [0.15, 0.2) is 36.4 Å². The van der Waals surface area contributed by atoms with Crippen LogP contribution in [0.25, 0.3) is 0 Å². The second kappa shape index (κ2) is 7.56. The summed E-state index contributed by atoms with van der Waals surface area (Å²) in [4.78, 5) is 15.0. The molecule has 1 fully saturated rings. The van der Waals surface area contributed by atoms with E-state index < -0.39 is 0 Å². The Hall–Kier alpha value is -2.24. The lowest BCUT2D eigenvalue weighted by atomic mass is 10.1. The van der Waals surface area contributed by atoms with Gasteiger partial charge in [-0.3, -0.25) is 9.69 Å². The summed E-state index contributed by atoms with van der Waals surface area (Å²) in [7, 11) is 0. The van der Waals surface area contributed by atoms with Gasteiger partial charge >= 0.3 is 0 Å². The summed E-state index contributed by atoms with van der Waals surface area (Å²) in [5.74, 6) is 0.831. The molecule has 0 saturated carbocycles. The number of carbonyl (C=O) groups is 1. The molecular formula is C20H21ClN2O3. The largest absolute Gasteiger partial charge is 0.454 e. The van der Waals surface area contributed by atoms with Gasteiger partial charge in [-0.2, -0.15) is 0 Å². The summed E-state index contributed by atoms with van der Waals surface area (Å²) in [6.07, 6.45) is 2.54. The molecule has 0 aliphatic carbocycles. The molecule has 1 N–H and O–H groups in total. The molecule has 136 valence electrons. The van der Waals surface area contributed by atoms with E-state index in [9.17, 15) is 4.79 Å². The van der Waals surface area contributed by atoms with Gasteiger partial charge in [0.15, 0.2) is 11.5 Å². The van der Waals surface area contributed by atoms with E-state index in [2.05, 4.69) is 22.3 Å². The van der Waals surface area contributed by atoms with Crippen molar-refractivity contribution < 1.29 is 14.3 Å². The summed E-state index contributed by atoms with van der Waals surface area (Å²) in [6.45, 7) is 3.84. The second-order valence-electron chi connectivity index (χ2n) is 6.63. The number of amides is 1. The van der Waals surface area contributed by atoms with E-state index in [0.29, 0.717) is 28.6 Å². The van der Waals surface area contributed by atoms with Crippen molar-refractivity contribution in [2.45, 2.75) is 25.9 Å². The Labute approximate surface area is 157 Å². The zero-order valence-corrected chi connectivity index (χ0v) is 15.2. The molecular weight excluding hydrogens is 352 g/mol. The average molecular weight is 373 g/mol. The lowest BCUT2D eigenvalue weighted by Crippen LogP contribution is -2.25. The van der Waals surface area contributed by atoms with Crippen LogP contribution < -0.4 is 14.8 Å². The zero-order valence-electron chi connectivity index (χ0n) is 14.5. The van der Waals surface area contributed by atoms with Crippen molar-refractivity contribution in [2.24, 2.45) is 0 Å². The quantitative estimate of drug-likeness (QED) is 0.871. The van der Waals surface area contributed by atoms with E-state index in [0.717, 1.165) is 25.2 Å². The number of ether oxygens (including phenoxy) is 2. The number of hydrogen-bond donors (Lipinski definition) is 1. The Morgan fingerprint density at radius 3 is 2.69 bits per heavy atom. The number of hydrogen-bond acceptors (Lipinski definition) is 4. The topological polar surface area (TPSA) is 50.8 Å². The highest BCUT2D eigenvalue weighted by Crippen LogP contribution is 2.39. The molecule has 2 aliphatic heterocycles. The van der Waals surface area contributed by atoms with E-state index >= 15 is 0 Å². The van der Waals surface area contributed by atoms with Gasteiger partial charge in [-0.15, -0.1) is 0 Å². The SMILES string of the molecule is O=C(NCc1ccccc1CN1CCCC1)c1cc(Cl)c2c(c1)OCO2. The van der Waals surface area contributed by atoms with E-state index in [-0.39, 0.29) is 12.7 Å². The number of carbonyl (C=O) groups excluding carboxylic acids is 1. The molecule has 0 atom stereocenters. The first kappa shape index (κ1) is 17.2. The first-order valence-corrected chi connectivity index (χ1v) is 9.25. The molecule has 5 nitrogen and oxygen atoms in total. The highest BCUT2D eigenvalue weighted by molar-refractivity contribution is 6.32. The lowest BCUT2D eigenvalue weighted by molar-refractivity contribution is 0.0950. The number of halogens is 1. The summed E-state index contributed by atoms with van der Waals surface area (Å²) >= 11 is 6.17. The molecule has 0 aromatic heterocycles. The molecule has 0 unspecified atom stereocenters. The Balaban J connectivity index is 1.44. The number of likely N-dealkylation sites (tertiary alicyclic amines) is 1. The van der Waals surface area contributed by atoms with Crippen molar-refractivity contribution in [2.75, 3.05) is 19.9 Å². The molecule has 2 aromatic carbocycles. The maximum atomic E-state index is 12.5. The number of benzene rings is 2. The Morgan fingerprint density at radius 1 is 1.12 bits per heavy atom. The van der Waals surface area contributed by atoms with Gasteiger partial charge in [0.25, 0.3) is 5.91 Å². The van der Waals surface area contributed by atoms with Crippen LogP contribution in [0.3, 0.4) is 0 Å². The smallest absolute Gasteiger partial charge is 0.251 e. The maximum Gasteiger partial charge on any atom is 0.251 e. The number of nitrogens with one attached hydrogen (secondary N) is 1. The molecule has 6 heteroatoms. The predicted molar refractivity (Wildman–Crippen MR) is 99.7 cm³/mol. The number of rotatable bonds is 5. The van der Waals surface area contributed by atoms with Gasteiger partial charge in [-0.25, -0.2) is 0 Å². The minimum atomic E-state index is -0.179. The molecule has 4 rings (SSSR count). The standard InChI is InChI=1S/C20H21ClN2O3/c21-17-9-16(10-18-19(17)26-13-25-18)20(24)22-11-14-5-1-2-6-15(14)12-23-7-3-4-8-23/h1-2,5-6,9-10H,3-4,7-8,11-13H2,(H,22,24). The third-order valence-electron chi connectivity index (χ3n) is 4.84. The van der Waals surface area contributed by atoms with Crippen LogP contribution in [0.1, 0.15) is 34.3 Å². The van der Waals surface area contributed by atoms with Crippen LogP contribution in [-0.2, 0) is 13.1 Å². The van der Waals surface area contributed by atoms with Crippen molar-refractivity contribution in [3.05, 3.63) is 58.1 Å². The summed E-state index contributed by atoms with van der Waals surface area (Å²) in [6, 6.07) is 11.5. The summed E-state index contributed by atoms with van der Waals surface area (Å²) in [5, 5.41) is 3.37. The van der Waals surface area contributed by atoms with Crippen LogP contribution in [0.4, 0.5) is 0 Å². The van der Waals surface area contributed by atoms with Crippen molar-refractivity contribution in [1.82, 2.24) is 10.2 Å². The Bertz CT molecular complexity index is 819. The third kappa shape index (κ3) is 3.64. The Kier molecular flexibility index (Phi) is 5.00. The average Bonchev–Trinajstić information content (AvgIpc) is 3.32. The minimum absolute atomic E-state index is 0.129. The van der Waals surface area contributed by atoms with Crippen LogP contribution in [-0.4, -0.2) is 30.7 Å². The molecule has 0 radical (unpaired) electrons. The molecule has 2 heterocycles. The normalized spacial score (nSPS) is 16.0. The van der Waals surface area contributed by atoms with Gasteiger partial charge in [-0.1, -0.05) is 35.9 Å². The fraction of sp³-hybridized carbons (Fsp3) is 0.350. The molecule has 2 aliphatic rings. The van der Waals surface area contributed by atoms with Gasteiger partial charge < -0.3 is 14.8 Å². The lowest BCUT2D eigenvalue weighted by Gasteiger charge is -2.17. The first-order valence-electron chi connectivity index (χ1n) is 8.87. The van der Waals surface area contributed by atoms with E-state index in [1.54, 1.807) is 12.1 Å². The predicted octanol–water partition coefficient (Wildman–Crippen LogP) is 3.59. The van der Waals surface area contributed by atoms with Crippen molar-refractivity contribution in [3.8, 4) is 11.5 Å². The molecule has 2 aromatic rings. The van der Waals surface area contributed by atoms with E-state index in [4.69, 9.17) is 21.1 Å². The van der Waals surface area contributed by atoms with E-state index in [1.807, 2.05) is 12.1 Å². The third-order valence-corrected chi connectivity index (χ3v) is 5.12. The number of fused-ring (bicyclic) bond motifs is 1. The molecule has 0 bridgehead atoms.